The number of benzene rings is 1. The number of aryl methyl sites for hydroxylation is 2. The summed E-state index contributed by atoms with van der Waals surface area (Å²) in [6.07, 6.45) is 0.879. The van der Waals surface area contributed by atoms with E-state index in [0.29, 0.717) is 48.8 Å². The fourth-order valence-electron chi connectivity index (χ4n) is 3.46. The minimum Gasteiger partial charge on any atom is -0.383 e. The normalized spacial score (nSPS) is 11.5. The third kappa shape index (κ3) is 4.49. The van der Waals surface area contributed by atoms with E-state index in [9.17, 15) is 14.0 Å². The maximum atomic E-state index is 13.0. The molecule has 0 amide bonds. The third-order valence-corrected chi connectivity index (χ3v) is 5.01. The van der Waals surface area contributed by atoms with Crippen molar-refractivity contribution in [2.45, 2.75) is 39.4 Å². The van der Waals surface area contributed by atoms with Gasteiger partial charge in [-0.15, -0.1) is 10.2 Å². The van der Waals surface area contributed by atoms with Crippen LogP contribution in [0, 0.1) is 12.7 Å². The van der Waals surface area contributed by atoms with Gasteiger partial charge in [-0.2, -0.15) is 4.80 Å². The highest BCUT2D eigenvalue weighted by atomic mass is 19.1. The lowest BCUT2D eigenvalue weighted by atomic mass is 10.1. The average molecular weight is 442 g/mol. The van der Waals surface area contributed by atoms with Crippen LogP contribution in [0.2, 0.25) is 0 Å². The molecule has 3 heterocycles. The van der Waals surface area contributed by atoms with Crippen LogP contribution in [0.4, 0.5) is 4.39 Å². The molecule has 0 unspecified atom stereocenters. The number of imidazole rings is 1. The van der Waals surface area contributed by atoms with Crippen molar-refractivity contribution in [3.8, 4) is 0 Å². The van der Waals surface area contributed by atoms with Crippen LogP contribution in [0.1, 0.15) is 23.6 Å². The second kappa shape index (κ2) is 9.22. The molecule has 0 aliphatic rings. The molecule has 0 bridgehead atoms. The molecule has 4 rings (SSSR count). The van der Waals surface area contributed by atoms with Crippen molar-refractivity contribution in [1.82, 2.24) is 39.3 Å². The van der Waals surface area contributed by atoms with E-state index in [4.69, 9.17) is 4.74 Å². The highest BCUT2D eigenvalue weighted by molar-refractivity contribution is 5.69. The summed E-state index contributed by atoms with van der Waals surface area (Å²) in [5.74, 6) is 0.760. The van der Waals surface area contributed by atoms with Crippen LogP contribution < -0.4 is 11.2 Å². The van der Waals surface area contributed by atoms with Crippen molar-refractivity contribution in [3.05, 3.63) is 68.1 Å². The van der Waals surface area contributed by atoms with Crippen molar-refractivity contribution < 1.29 is 9.13 Å². The summed E-state index contributed by atoms with van der Waals surface area (Å²) in [6.45, 7) is 2.90. The second-order valence-electron chi connectivity index (χ2n) is 7.36. The number of aromatic amines is 1. The zero-order chi connectivity index (χ0) is 22.7. The molecule has 32 heavy (non-hydrogen) atoms. The smallest absolute Gasteiger partial charge is 0.332 e. The maximum absolute atomic E-state index is 13.0. The molecule has 3 aromatic heterocycles. The van der Waals surface area contributed by atoms with Gasteiger partial charge in [0.1, 0.15) is 17.2 Å². The molecule has 0 radical (unpaired) electrons. The molecule has 0 aliphatic heterocycles. The van der Waals surface area contributed by atoms with Crippen molar-refractivity contribution in [1.29, 1.82) is 0 Å². The minimum atomic E-state index is -0.436. The lowest BCUT2D eigenvalue weighted by molar-refractivity contribution is 0.186. The number of tetrazole rings is 1. The van der Waals surface area contributed by atoms with Gasteiger partial charge in [0.25, 0.3) is 5.56 Å². The number of nitrogens with one attached hydrogen (secondary N) is 1. The average Bonchev–Trinajstić information content (AvgIpc) is 3.38. The lowest BCUT2D eigenvalue weighted by Gasteiger charge is -2.10. The van der Waals surface area contributed by atoms with E-state index in [-0.39, 0.29) is 18.9 Å². The molecular formula is C20H23FN8O3. The Kier molecular flexibility index (Phi) is 6.21. The summed E-state index contributed by atoms with van der Waals surface area (Å²) < 4.78 is 20.7. The van der Waals surface area contributed by atoms with Gasteiger partial charge in [-0.25, -0.2) is 14.2 Å². The zero-order valence-corrected chi connectivity index (χ0v) is 17.8. The SMILES string of the molecule is COCCn1c(=O)n(CCCn2nnc(Cc3ccc(F)cc3)n2)c(=O)c2[nH]c(C)nc21. The molecule has 0 spiro atoms. The van der Waals surface area contributed by atoms with Gasteiger partial charge >= 0.3 is 5.69 Å². The highest BCUT2D eigenvalue weighted by Crippen LogP contribution is 2.07. The number of methoxy groups -OCH3 is 1. The van der Waals surface area contributed by atoms with E-state index >= 15 is 0 Å². The molecule has 0 aliphatic carbocycles. The quantitative estimate of drug-likeness (QED) is 0.403. The van der Waals surface area contributed by atoms with Crippen molar-refractivity contribution in [2.24, 2.45) is 0 Å². The van der Waals surface area contributed by atoms with Crippen molar-refractivity contribution in [2.75, 3.05) is 13.7 Å². The van der Waals surface area contributed by atoms with Crippen LogP contribution in [0.15, 0.2) is 33.9 Å². The fourth-order valence-corrected chi connectivity index (χ4v) is 3.46. The lowest BCUT2D eigenvalue weighted by Crippen LogP contribution is -2.41. The Morgan fingerprint density at radius 1 is 1.09 bits per heavy atom. The maximum Gasteiger partial charge on any atom is 0.332 e. The predicted octanol–water partition coefficient (Wildman–Crippen LogP) is 0.648. The molecule has 4 aromatic rings. The standard InChI is InChI=1S/C20H23FN8O3/c1-13-22-17-18(23-13)27(10-11-32-2)20(31)28(19(17)30)8-3-9-29-25-16(24-26-29)12-14-4-6-15(21)7-5-14/h4-7H,3,8-12H2,1-2H3,(H,22,23). The molecular weight excluding hydrogens is 419 g/mol. The second-order valence-corrected chi connectivity index (χ2v) is 7.36. The first-order valence-electron chi connectivity index (χ1n) is 10.2. The molecule has 1 aromatic carbocycles. The Hall–Kier alpha value is -3.67. The molecule has 168 valence electrons. The Morgan fingerprint density at radius 3 is 2.62 bits per heavy atom. The topological polar surface area (TPSA) is 126 Å². The van der Waals surface area contributed by atoms with E-state index in [1.165, 1.54) is 26.1 Å². The summed E-state index contributed by atoms with van der Waals surface area (Å²) in [5.41, 5.74) is 0.641. The van der Waals surface area contributed by atoms with Gasteiger partial charge < -0.3 is 9.72 Å². The number of H-pyrrole nitrogens is 1. The van der Waals surface area contributed by atoms with Crippen molar-refractivity contribution in [3.63, 3.8) is 0 Å². The van der Waals surface area contributed by atoms with Crippen LogP contribution in [0.25, 0.3) is 11.2 Å². The number of aromatic nitrogens is 8. The van der Waals surface area contributed by atoms with Gasteiger partial charge in [0.2, 0.25) is 0 Å². The number of ether oxygens (including phenoxy) is 1. The van der Waals surface area contributed by atoms with Crippen LogP contribution in [-0.4, -0.2) is 53.0 Å². The van der Waals surface area contributed by atoms with Gasteiger partial charge in [0.15, 0.2) is 11.5 Å². The highest BCUT2D eigenvalue weighted by Gasteiger charge is 2.16. The van der Waals surface area contributed by atoms with E-state index in [1.807, 2.05) is 0 Å². The molecule has 1 N–H and O–H groups in total. The van der Waals surface area contributed by atoms with E-state index < -0.39 is 11.2 Å². The number of halogens is 1. The number of rotatable bonds is 9. The summed E-state index contributed by atoms with van der Waals surface area (Å²) in [7, 11) is 1.55. The van der Waals surface area contributed by atoms with E-state index in [1.54, 1.807) is 26.2 Å². The van der Waals surface area contributed by atoms with E-state index in [2.05, 4.69) is 25.4 Å². The monoisotopic (exact) mass is 442 g/mol. The Labute approximate surface area is 181 Å². The van der Waals surface area contributed by atoms with Gasteiger partial charge in [-0.05, 0) is 36.3 Å². The number of hydrogen-bond acceptors (Lipinski definition) is 7. The van der Waals surface area contributed by atoms with Crippen LogP contribution in [-0.2, 0) is 30.8 Å². The first kappa shape index (κ1) is 21.6. The van der Waals surface area contributed by atoms with Gasteiger partial charge in [0, 0.05) is 20.1 Å². The summed E-state index contributed by atoms with van der Waals surface area (Å²) >= 11 is 0. The number of nitrogens with zero attached hydrogens (tertiary/aromatic N) is 7. The first-order valence-corrected chi connectivity index (χ1v) is 10.2. The number of hydrogen-bond donors (Lipinski definition) is 1. The Bertz CT molecular complexity index is 1340. The fraction of sp³-hybridized carbons (Fsp3) is 0.400. The minimum absolute atomic E-state index is 0.188. The molecule has 11 nitrogen and oxygen atoms in total. The van der Waals surface area contributed by atoms with Gasteiger partial charge in [0.05, 0.1) is 19.7 Å². The van der Waals surface area contributed by atoms with Gasteiger partial charge in [-0.3, -0.25) is 13.9 Å². The van der Waals surface area contributed by atoms with Crippen LogP contribution in [0.3, 0.4) is 0 Å². The zero-order valence-electron chi connectivity index (χ0n) is 17.8. The third-order valence-electron chi connectivity index (χ3n) is 5.01. The molecule has 0 saturated carbocycles. The van der Waals surface area contributed by atoms with Crippen molar-refractivity contribution >= 4 is 11.2 Å². The summed E-state index contributed by atoms with van der Waals surface area (Å²) in [6, 6.07) is 6.11. The first-order chi connectivity index (χ1) is 15.5. The predicted molar refractivity (Wildman–Crippen MR) is 113 cm³/mol. The largest absolute Gasteiger partial charge is 0.383 e. The van der Waals surface area contributed by atoms with Crippen LogP contribution in [0.5, 0.6) is 0 Å². The molecule has 0 fully saturated rings. The summed E-state index contributed by atoms with van der Waals surface area (Å²) in [5, 5.41) is 12.3. The molecule has 12 heteroatoms. The van der Waals surface area contributed by atoms with E-state index in [0.717, 1.165) is 5.56 Å². The molecule has 0 atom stereocenters. The molecule has 0 saturated heterocycles. The number of fused-ring (bicyclic) bond motifs is 1. The van der Waals surface area contributed by atoms with Crippen LogP contribution >= 0.6 is 0 Å². The Morgan fingerprint density at radius 2 is 1.88 bits per heavy atom. The van der Waals surface area contributed by atoms with Gasteiger partial charge in [-0.1, -0.05) is 12.1 Å². The summed E-state index contributed by atoms with van der Waals surface area (Å²) in [4.78, 5) is 34.4. The Balaban J connectivity index is 1.48.